The minimum atomic E-state index is -0.369. The van der Waals surface area contributed by atoms with Crippen molar-refractivity contribution in [3.63, 3.8) is 0 Å². The number of para-hydroxylation sites is 1. The zero-order valence-electron chi connectivity index (χ0n) is 14.6. The van der Waals surface area contributed by atoms with E-state index >= 15 is 0 Å². The number of hydrogen-bond acceptors (Lipinski definition) is 4. The molecule has 2 aromatic carbocycles. The van der Waals surface area contributed by atoms with Gasteiger partial charge in [0.15, 0.2) is 0 Å². The number of rotatable bonds is 7. The van der Waals surface area contributed by atoms with Crippen LogP contribution in [0.2, 0.25) is 10.0 Å². The summed E-state index contributed by atoms with van der Waals surface area (Å²) in [6.45, 7) is 3.26. The highest BCUT2D eigenvalue weighted by atomic mass is 35.5. The molecule has 134 valence electrons. The van der Waals surface area contributed by atoms with Gasteiger partial charge in [0.25, 0.3) is 0 Å². The van der Waals surface area contributed by atoms with Gasteiger partial charge < -0.3 is 15.0 Å². The third kappa shape index (κ3) is 5.63. The van der Waals surface area contributed by atoms with Crippen molar-refractivity contribution >= 4 is 40.5 Å². The van der Waals surface area contributed by atoms with Crippen LogP contribution in [0, 0.1) is 5.92 Å². The van der Waals surface area contributed by atoms with Crippen LogP contribution in [0.15, 0.2) is 42.5 Å². The van der Waals surface area contributed by atoms with Gasteiger partial charge in [0.2, 0.25) is 0 Å². The summed E-state index contributed by atoms with van der Waals surface area (Å²) < 4.78 is 5.46. The molecule has 0 bridgehead atoms. The molecule has 1 N–H and O–H groups in total. The molecule has 0 saturated carbocycles. The van der Waals surface area contributed by atoms with Gasteiger partial charge in [0.05, 0.1) is 33.6 Å². The number of nitrogens with zero attached hydrogens (tertiary/aromatic N) is 1. The minimum absolute atomic E-state index is 0.251. The number of carbonyl (C=O) groups is 1. The monoisotopic (exact) mass is 380 g/mol. The second-order valence-corrected chi connectivity index (χ2v) is 7.02. The molecule has 0 aliphatic carbocycles. The average molecular weight is 381 g/mol. The minimum Gasteiger partial charge on any atom is -0.462 e. The summed E-state index contributed by atoms with van der Waals surface area (Å²) in [6, 6.07) is 12.5. The van der Waals surface area contributed by atoms with Crippen molar-refractivity contribution in [1.29, 1.82) is 0 Å². The van der Waals surface area contributed by atoms with E-state index in [1.54, 1.807) is 36.4 Å². The molecular formula is C19H22Cl2N2O2. The van der Waals surface area contributed by atoms with E-state index < -0.39 is 0 Å². The van der Waals surface area contributed by atoms with Crippen molar-refractivity contribution in [2.24, 2.45) is 5.92 Å². The lowest BCUT2D eigenvalue weighted by Gasteiger charge is -2.17. The first kappa shape index (κ1) is 19.6. The summed E-state index contributed by atoms with van der Waals surface area (Å²) >= 11 is 12.3. The fourth-order valence-electron chi connectivity index (χ4n) is 2.49. The largest absolute Gasteiger partial charge is 0.462 e. The van der Waals surface area contributed by atoms with Crippen molar-refractivity contribution in [1.82, 2.24) is 4.90 Å². The first-order valence-electron chi connectivity index (χ1n) is 8.00. The van der Waals surface area contributed by atoms with Gasteiger partial charge in [-0.05, 0) is 38.4 Å². The van der Waals surface area contributed by atoms with Gasteiger partial charge in [-0.2, -0.15) is 0 Å². The molecule has 0 spiro atoms. The number of ether oxygens (including phenoxy) is 1. The molecule has 0 fully saturated rings. The molecule has 0 aliphatic rings. The van der Waals surface area contributed by atoms with Crippen LogP contribution in [0.25, 0.3) is 0 Å². The molecule has 1 atom stereocenters. The molecular weight excluding hydrogens is 359 g/mol. The van der Waals surface area contributed by atoms with Gasteiger partial charge >= 0.3 is 5.97 Å². The Kier molecular flexibility index (Phi) is 7.12. The summed E-state index contributed by atoms with van der Waals surface area (Å²) in [5.41, 5.74) is 1.71. The maximum absolute atomic E-state index is 12.5. The highest BCUT2D eigenvalue weighted by Crippen LogP contribution is 2.32. The van der Waals surface area contributed by atoms with Crippen LogP contribution in [0.1, 0.15) is 17.3 Å². The van der Waals surface area contributed by atoms with Crippen LogP contribution < -0.4 is 5.32 Å². The Hall–Kier alpha value is -1.75. The summed E-state index contributed by atoms with van der Waals surface area (Å²) in [5.74, 6) is -0.117. The van der Waals surface area contributed by atoms with Crippen LogP contribution in [-0.4, -0.2) is 38.1 Å². The van der Waals surface area contributed by atoms with Crippen LogP contribution in [0.3, 0.4) is 0 Å². The second-order valence-electron chi connectivity index (χ2n) is 6.24. The topological polar surface area (TPSA) is 41.6 Å². The molecule has 0 aromatic heterocycles. The smallest absolute Gasteiger partial charge is 0.340 e. The first-order valence-corrected chi connectivity index (χ1v) is 8.76. The summed E-state index contributed by atoms with van der Waals surface area (Å²) in [7, 11) is 3.98. The molecule has 0 unspecified atom stereocenters. The lowest BCUT2D eigenvalue weighted by atomic mass is 10.1. The fourth-order valence-corrected chi connectivity index (χ4v) is 2.84. The third-order valence-electron chi connectivity index (χ3n) is 3.54. The van der Waals surface area contributed by atoms with Crippen molar-refractivity contribution in [3.8, 4) is 0 Å². The van der Waals surface area contributed by atoms with E-state index in [0.717, 1.165) is 6.54 Å². The number of esters is 1. The molecule has 0 amide bonds. The Balaban J connectivity index is 2.12. The molecule has 2 rings (SSSR count). The van der Waals surface area contributed by atoms with E-state index in [-0.39, 0.29) is 11.9 Å². The molecule has 0 heterocycles. The Bertz CT molecular complexity index is 735. The van der Waals surface area contributed by atoms with Gasteiger partial charge in [-0.3, -0.25) is 0 Å². The van der Waals surface area contributed by atoms with E-state index in [9.17, 15) is 4.79 Å². The predicted molar refractivity (Wildman–Crippen MR) is 104 cm³/mol. The fraction of sp³-hybridized carbons (Fsp3) is 0.316. The summed E-state index contributed by atoms with van der Waals surface area (Å²) in [4.78, 5) is 14.5. The van der Waals surface area contributed by atoms with E-state index in [1.807, 2.05) is 27.1 Å². The number of halogens is 2. The molecule has 6 heteroatoms. The van der Waals surface area contributed by atoms with Crippen molar-refractivity contribution in [3.05, 3.63) is 58.1 Å². The number of benzene rings is 2. The predicted octanol–water partition coefficient (Wildman–Crippen LogP) is 5.09. The Morgan fingerprint density at radius 1 is 1.12 bits per heavy atom. The van der Waals surface area contributed by atoms with Gasteiger partial charge in [-0.25, -0.2) is 4.79 Å². The number of hydrogen-bond donors (Lipinski definition) is 1. The number of anilines is 2. The highest BCUT2D eigenvalue weighted by molar-refractivity contribution is 6.43. The highest BCUT2D eigenvalue weighted by Gasteiger charge is 2.15. The van der Waals surface area contributed by atoms with Crippen LogP contribution in [0.4, 0.5) is 11.4 Å². The van der Waals surface area contributed by atoms with Crippen molar-refractivity contribution < 1.29 is 9.53 Å². The van der Waals surface area contributed by atoms with Crippen molar-refractivity contribution in [2.75, 3.05) is 32.6 Å². The van der Waals surface area contributed by atoms with Gasteiger partial charge in [0.1, 0.15) is 0 Å². The molecule has 0 saturated heterocycles. The zero-order chi connectivity index (χ0) is 18.4. The van der Waals surface area contributed by atoms with Gasteiger partial charge in [-0.15, -0.1) is 0 Å². The van der Waals surface area contributed by atoms with E-state index in [4.69, 9.17) is 27.9 Å². The number of carbonyl (C=O) groups excluding carboxylic acids is 1. The SMILES string of the molecule is C[C@H](COC(=O)c1ccccc1Nc1cccc(Cl)c1Cl)CN(C)C. The lowest BCUT2D eigenvalue weighted by Crippen LogP contribution is -2.24. The Morgan fingerprint density at radius 3 is 2.52 bits per heavy atom. The first-order chi connectivity index (χ1) is 11.9. The molecule has 0 aliphatic heterocycles. The molecule has 2 aromatic rings. The van der Waals surface area contributed by atoms with E-state index in [2.05, 4.69) is 10.2 Å². The Morgan fingerprint density at radius 2 is 1.80 bits per heavy atom. The standard InChI is InChI=1S/C19H22Cl2N2O2/c1-13(11-23(2)3)12-25-19(24)14-7-4-5-9-16(14)22-17-10-6-8-15(20)18(17)21/h4-10,13,22H,11-12H2,1-3H3/t13-/m0/s1. The van der Waals surface area contributed by atoms with E-state index in [1.165, 1.54) is 0 Å². The maximum Gasteiger partial charge on any atom is 0.340 e. The second kappa shape index (κ2) is 9.09. The van der Waals surface area contributed by atoms with Crippen LogP contribution in [-0.2, 0) is 4.74 Å². The summed E-state index contributed by atoms with van der Waals surface area (Å²) in [6.07, 6.45) is 0. The molecule has 25 heavy (non-hydrogen) atoms. The summed E-state index contributed by atoms with van der Waals surface area (Å²) in [5, 5.41) is 4.01. The molecule has 4 nitrogen and oxygen atoms in total. The zero-order valence-corrected chi connectivity index (χ0v) is 16.1. The van der Waals surface area contributed by atoms with Crippen LogP contribution in [0.5, 0.6) is 0 Å². The quantitative estimate of drug-likeness (QED) is 0.679. The molecule has 0 radical (unpaired) electrons. The Labute approximate surface area is 158 Å². The average Bonchev–Trinajstić information content (AvgIpc) is 2.57. The van der Waals surface area contributed by atoms with Gasteiger partial charge in [-0.1, -0.05) is 48.3 Å². The third-order valence-corrected chi connectivity index (χ3v) is 4.36. The normalized spacial score (nSPS) is 12.1. The lowest BCUT2D eigenvalue weighted by molar-refractivity contribution is 0.0434. The number of nitrogens with one attached hydrogen (secondary N) is 1. The van der Waals surface area contributed by atoms with Crippen molar-refractivity contribution in [2.45, 2.75) is 6.92 Å². The maximum atomic E-state index is 12.5. The van der Waals surface area contributed by atoms with E-state index in [0.29, 0.717) is 33.6 Å². The van der Waals surface area contributed by atoms with Crippen LogP contribution >= 0.6 is 23.2 Å². The van der Waals surface area contributed by atoms with Gasteiger partial charge in [0, 0.05) is 12.5 Å².